The molecular formula is H3GaN4O12-4. The summed E-state index contributed by atoms with van der Waals surface area (Å²) < 4.78 is 0. The zero-order valence-corrected chi connectivity index (χ0v) is 6.69. The van der Waals surface area contributed by atoms with Crippen molar-refractivity contribution < 1.29 is 20.3 Å². The molecule has 0 aliphatic rings. The Labute approximate surface area is 102 Å². The summed E-state index contributed by atoms with van der Waals surface area (Å²) in [7, 11) is 0. The van der Waals surface area contributed by atoms with Crippen LogP contribution in [0.4, 0.5) is 0 Å². The molecule has 0 saturated heterocycles. The van der Waals surface area contributed by atoms with Crippen molar-refractivity contribution in [2.24, 2.45) is 0 Å². The van der Waals surface area contributed by atoms with Gasteiger partial charge in [-0.15, -0.1) is 0 Å². The van der Waals surface area contributed by atoms with E-state index in [2.05, 4.69) is 0 Å². The average Bonchev–Trinajstić information content (AvgIpc) is 1.76. The topological polar surface area (TPSA) is 265 Å². The van der Waals surface area contributed by atoms with Gasteiger partial charge in [0.15, 0.2) is 0 Å². The fraction of sp³-hybridized carbons (Fsp3) is 0. The Balaban J connectivity index is -0.0000000369. The van der Waals surface area contributed by atoms with Crippen LogP contribution in [0.2, 0.25) is 0 Å². The fourth-order valence-corrected chi connectivity index (χ4v) is 0. The molecule has 0 bridgehead atoms. The summed E-state index contributed by atoms with van der Waals surface area (Å²) in [5, 5.41) is 59.0. The first-order chi connectivity index (χ1) is 6.93. The molecule has 0 aromatic carbocycles. The van der Waals surface area contributed by atoms with Gasteiger partial charge in [0.2, 0.25) is 0 Å². The van der Waals surface area contributed by atoms with Crippen molar-refractivity contribution in [1.82, 2.24) is 0 Å². The van der Waals surface area contributed by atoms with Crippen LogP contribution in [0, 0.1) is 61.3 Å². The molecule has 0 radical (unpaired) electrons. The Hall–Kier alpha value is -2.56. The molecule has 0 rings (SSSR count). The third-order valence-corrected chi connectivity index (χ3v) is 0. The molecule has 17 heavy (non-hydrogen) atoms. The molecule has 0 amide bonds. The van der Waals surface area contributed by atoms with Crippen molar-refractivity contribution in [2.75, 3.05) is 0 Å². The van der Waals surface area contributed by atoms with Crippen LogP contribution in [0.25, 0.3) is 0 Å². The molecule has 17 heteroatoms. The van der Waals surface area contributed by atoms with Gasteiger partial charge in [0.05, 0.1) is 20.3 Å². The molecule has 16 nitrogen and oxygen atoms in total. The van der Waals surface area contributed by atoms with Crippen LogP contribution in [-0.2, 0) is 0 Å². The predicted octanol–water partition coefficient (Wildman–Crippen LogP) is -2.14. The zero-order valence-electron chi connectivity index (χ0n) is 6.69. The number of hydrogen-bond donors (Lipinski definition) is 0. The summed E-state index contributed by atoms with van der Waals surface area (Å²) >= 11 is 0. The van der Waals surface area contributed by atoms with E-state index >= 15 is 0 Å². The Kier molecular flexibility index (Phi) is 40.2. The van der Waals surface area contributed by atoms with E-state index in [1.54, 1.807) is 0 Å². The molecule has 0 aliphatic carbocycles. The Morgan fingerprint density at radius 3 is 0.412 bits per heavy atom. The van der Waals surface area contributed by atoms with Crippen molar-refractivity contribution in [2.45, 2.75) is 0 Å². The average molecular weight is 321 g/mol. The first-order valence-electron chi connectivity index (χ1n) is 2.19. The summed E-state index contributed by atoms with van der Waals surface area (Å²) in [4.78, 5) is 33.0. The van der Waals surface area contributed by atoms with E-state index in [-0.39, 0.29) is 19.8 Å². The molecular weight excluding hydrogens is 318 g/mol. The van der Waals surface area contributed by atoms with Crippen molar-refractivity contribution in [1.29, 1.82) is 0 Å². The molecule has 0 saturated carbocycles. The van der Waals surface area contributed by atoms with Crippen LogP contribution in [0.1, 0.15) is 0 Å². The van der Waals surface area contributed by atoms with Crippen LogP contribution in [0.3, 0.4) is 0 Å². The maximum atomic E-state index is 8.25. The van der Waals surface area contributed by atoms with E-state index in [0.29, 0.717) is 0 Å². The van der Waals surface area contributed by atoms with E-state index < -0.39 is 20.3 Å². The molecule has 0 heterocycles. The van der Waals surface area contributed by atoms with Gasteiger partial charge in [0.25, 0.3) is 0 Å². The molecule has 0 aromatic rings. The van der Waals surface area contributed by atoms with E-state index in [0.717, 1.165) is 0 Å². The van der Waals surface area contributed by atoms with E-state index in [1.807, 2.05) is 0 Å². The predicted molar refractivity (Wildman–Crippen MR) is 51.4 cm³/mol. The molecule has 0 aromatic heterocycles. The van der Waals surface area contributed by atoms with Gasteiger partial charge in [-0.2, -0.15) is 0 Å². The Bertz CT molecular complexity index is 159. The van der Waals surface area contributed by atoms with Gasteiger partial charge < -0.3 is 61.3 Å². The SMILES string of the molecule is O=[N+]([O-])[O-].O=[N+]([O-])[O-].O=[N+]([O-])[O-].O=[N+]([O-])[O-].[GaH3]. The second-order valence-electron chi connectivity index (χ2n) is 0.894. The second kappa shape index (κ2) is 23.3. The molecule has 102 valence electrons. The van der Waals surface area contributed by atoms with E-state index in [9.17, 15) is 0 Å². The van der Waals surface area contributed by atoms with Gasteiger partial charge in [-0.25, -0.2) is 0 Å². The molecule has 0 spiro atoms. The van der Waals surface area contributed by atoms with Crippen molar-refractivity contribution in [3.05, 3.63) is 61.3 Å². The van der Waals surface area contributed by atoms with Crippen LogP contribution in [-0.4, -0.2) is 40.1 Å². The quantitative estimate of drug-likeness (QED) is 0.262. The standard InChI is InChI=1S/Ga.4NO3.3H/c;4*2-1(3)4;;;/q;4*-1;;;. The second-order valence-corrected chi connectivity index (χ2v) is 0.894. The summed E-state index contributed by atoms with van der Waals surface area (Å²) in [5.74, 6) is 0. The van der Waals surface area contributed by atoms with Crippen molar-refractivity contribution >= 4 is 19.8 Å². The molecule has 0 N–H and O–H groups in total. The van der Waals surface area contributed by atoms with Crippen LogP contribution >= 0.6 is 0 Å². The third kappa shape index (κ3) is 267. The van der Waals surface area contributed by atoms with E-state index in [4.69, 9.17) is 61.3 Å². The summed E-state index contributed by atoms with van der Waals surface area (Å²) in [5.41, 5.74) is 0. The fourth-order valence-electron chi connectivity index (χ4n) is 0. The van der Waals surface area contributed by atoms with Gasteiger partial charge in [-0.05, 0) is 0 Å². The minimum absolute atomic E-state index is 0. The number of nitrogens with zero attached hydrogens (tertiary/aromatic N) is 4. The molecule has 0 unspecified atom stereocenters. The van der Waals surface area contributed by atoms with Gasteiger partial charge in [0, 0.05) is 0 Å². The van der Waals surface area contributed by atoms with Crippen molar-refractivity contribution in [3.8, 4) is 0 Å². The van der Waals surface area contributed by atoms with Gasteiger partial charge in [0.1, 0.15) is 0 Å². The molecule has 0 aliphatic heterocycles. The van der Waals surface area contributed by atoms with E-state index in [1.165, 1.54) is 0 Å². The van der Waals surface area contributed by atoms with Gasteiger partial charge in [-0.3, -0.25) is 0 Å². The first-order valence-corrected chi connectivity index (χ1v) is 2.19. The summed E-state index contributed by atoms with van der Waals surface area (Å²) in [6, 6.07) is 0. The van der Waals surface area contributed by atoms with Crippen LogP contribution in [0.15, 0.2) is 0 Å². The third-order valence-electron chi connectivity index (χ3n) is 0. The summed E-state index contributed by atoms with van der Waals surface area (Å²) in [6.07, 6.45) is 0. The monoisotopic (exact) mass is 320 g/mol. The first kappa shape index (κ1) is 29.3. The number of rotatable bonds is 0. The zero-order chi connectivity index (χ0) is 14.3. The van der Waals surface area contributed by atoms with Crippen LogP contribution < -0.4 is 0 Å². The van der Waals surface area contributed by atoms with Crippen LogP contribution in [0.5, 0.6) is 0 Å². The minimum atomic E-state index is -1.75. The maximum absolute atomic E-state index is 8.25. The summed E-state index contributed by atoms with van der Waals surface area (Å²) in [6.45, 7) is 0. The molecule has 0 atom stereocenters. The normalized spacial score (nSPS) is 5.65. The number of hydrogen-bond acceptors (Lipinski definition) is 12. The van der Waals surface area contributed by atoms with Crippen molar-refractivity contribution in [3.63, 3.8) is 0 Å². The molecule has 0 fully saturated rings. The Morgan fingerprint density at radius 2 is 0.412 bits per heavy atom. The van der Waals surface area contributed by atoms with Gasteiger partial charge >= 0.3 is 19.8 Å². The Morgan fingerprint density at radius 1 is 0.412 bits per heavy atom. The van der Waals surface area contributed by atoms with Gasteiger partial charge in [-0.1, -0.05) is 0 Å².